The Hall–Kier alpha value is -2.29. The second-order valence-electron chi connectivity index (χ2n) is 3.27. The smallest absolute Gasteiger partial charge is 0.329 e. The summed E-state index contributed by atoms with van der Waals surface area (Å²) in [6.07, 6.45) is 1.17. The largest absolute Gasteiger partial charge is 0.359 e. The van der Waals surface area contributed by atoms with E-state index in [4.69, 9.17) is 0 Å². The third-order valence-corrected chi connectivity index (χ3v) is 2.75. The van der Waals surface area contributed by atoms with Crippen LogP contribution in [0.1, 0.15) is 5.69 Å². The Morgan fingerprint density at radius 1 is 1.50 bits per heavy atom. The van der Waals surface area contributed by atoms with Crippen molar-refractivity contribution in [2.24, 2.45) is 0 Å². The normalized spacial score (nSPS) is 10.1. The fraction of sp³-hybridized carbons (Fsp3) is 0.222. The summed E-state index contributed by atoms with van der Waals surface area (Å²) in [5, 5.41) is 18.3. The Labute approximate surface area is 106 Å². The molecular weight excluding hydrogens is 256 g/mol. The number of hydrogen-bond donors (Lipinski definition) is 2. The van der Waals surface area contributed by atoms with E-state index >= 15 is 0 Å². The first-order chi connectivity index (χ1) is 8.70. The van der Waals surface area contributed by atoms with E-state index in [1.54, 1.807) is 12.6 Å². The summed E-state index contributed by atoms with van der Waals surface area (Å²) in [5.74, 6) is 0.494. The first kappa shape index (κ1) is 12.2. The Morgan fingerprint density at radius 2 is 2.33 bits per heavy atom. The van der Waals surface area contributed by atoms with Crippen LogP contribution >= 0.6 is 11.3 Å². The lowest BCUT2D eigenvalue weighted by molar-refractivity contribution is -0.384. The van der Waals surface area contributed by atoms with Gasteiger partial charge in [-0.3, -0.25) is 10.1 Å². The molecule has 0 saturated carbocycles. The molecule has 0 unspecified atom stereocenters. The summed E-state index contributed by atoms with van der Waals surface area (Å²) in [6.45, 7) is 0.379. The van der Waals surface area contributed by atoms with Gasteiger partial charge in [0, 0.05) is 12.4 Å². The van der Waals surface area contributed by atoms with Gasteiger partial charge in [-0.1, -0.05) is 0 Å². The van der Waals surface area contributed by atoms with Crippen LogP contribution in [0.4, 0.5) is 17.5 Å². The van der Waals surface area contributed by atoms with Gasteiger partial charge in [-0.15, -0.1) is 11.3 Å². The molecule has 94 valence electrons. The molecule has 0 radical (unpaired) electrons. The van der Waals surface area contributed by atoms with Crippen LogP contribution in [0.5, 0.6) is 0 Å². The lowest BCUT2D eigenvalue weighted by atomic mass is 10.4. The fourth-order valence-electron chi connectivity index (χ4n) is 1.26. The highest BCUT2D eigenvalue weighted by Gasteiger charge is 2.16. The number of rotatable bonds is 5. The first-order valence-electron chi connectivity index (χ1n) is 5.01. The maximum atomic E-state index is 10.8. The minimum atomic E-state index is -0.525. The highest BCUT2D eigenvalue weighted by molar-refractivity contribution is 7.07. The summed E-state index contributed by atoms with van der Waals surface area (Å²) in [6, 6.07) is 0. The summed E-state index contributed by atoms with van der Waals surface area (Å²) in [7, 11) is 1.64. The molecule has 2 heterocycles. The number of hydrogen-bond acceptors (Lipinski definition) is 8. The molecule has 0 aromatic carbocycles. The molecule has 0 spiro atoms. The van der Waals surface area contributed by atoms with Gasteiger partial charge in [0.15, 0.2) is 0 Å². The van der Waals surface area contributed by atoms with Gasteiger partial charge >= 0.3 is 5.69 Å². The standard InChI is InChI=1S/C9H10N6O2S/c1-10-9-12-3-7(15(16)17)8(14-9)11-2-6-4-18-5-13-6/h3-5H,2H2,1H3,(H2,10,11,12,14). The number of nitro groups is 1. The van der Waals surface area contributed by atoms with E-state index < -0.39 is 4.92 Å². The molecule has 2 rings (SSSR count). The van der Waals surface area contributed by atoms with E-state index in [1.165, 1.54) is 17.5 Å². The monoisotopic (exact) mass is 266 g/mol. The third-order valence-electron chi connectivity index (χ3n) is 2.11. The topological polar surface area (TPSA) is 106 Å². The van der Waals surface area contributed by atoms with Gasteiger partial charge in [-0.25, -0.2) is 9.97 Å². The molecule has 0 bridgehead atoms. The number of nitrogens with one attached hydrogen (secondary N) is 2. The predicted molar refractivity (Wildman–Crippen MR) is 67.7 cm³/mol. The number of anilines is 2. The molecule has 0 aliphatic carbocycles. The van der Waals surface area contributed by atoms with Crippen LogP contribution in [-0.4, -0.2) is 26.9 Å². The number of nitrogens with zero attached hydrogens (tertiary/aromatic N) is 4. The van der Waals surface area contributed by atoms with Gasteiger partial charge in [0.05, 0.1) is 22.7 Å². The average molecular weight is 266 g/mol. The molecule has 18 heavy (non-hydrogen) atoms. The maximum absolute atomic E-state index is 10.8. The SMILES string of the molecule is CNc1ncc([N+](=O)[O-])c(NCc2cscn2)n1. The van der Waals surface area contributed by atoms with Gasteiger partial charge in [-0.2, -0.15) is 4.98 Å². The molecule has 8 nitrogen and oxygen atoms in total. The van der Waals surface area contributed by atoms with Gasteiger partial charge in [0.1, 0.15) is 6.20 Å². The van der Waals surface area contributed by atoms with Crippen molar-refractivity contribution in [2.75, 3.05) is 17.7 Å². The van der Waals surface area contributed by atoms with Crippen molar-refractivity contribution in [2.45, 2.75) is 6.54 Å². The quantitative estimate of drug-likeness (QED) is 0.623. The maximum Gasteiger partial charge on any atom is 0.329 e. The second kappa shape index (κ2) is 5.36. The third kappa shape index (κ3) is 2.69. The van der Waals surface area contributed by atoms with Crippen molar-refractivity contribution >= 4 is 28.8 Å². The molecule has 2 aromatic heterocycles. The zero-order valence-corrected chi connectivity index (χ0v) is 10.3. The van der Waals surface area contributed by atoms with Crippen LogP contribution in [0.15, 0.2) is 17.1 Å². The molecule has 2 N–H and O–H groups in total. The molecule has 0 aliphatic heterocycles. The molecule has 2 aromatic rings. The molecule has 0 aliphatic rings. The highest BCUT2D eigenvalue weighted by Crippen LogP contribution is 2.22. The van der Waals surface area contributed by atoms with E-state index in [0.717, 1.165) is 5.69 Å². The van der Waals surface area contributed by atoms with Crippen molar-refractivity contribution in [3.8, 4) is 0 Å². The van der Waals surface area contributed by atoms with Crippen LogP contribution in [0, 0.1) is 10.1 Å². The van der Waals surface area contributed by atoms with Crippen LogP contribution in [-0.2, 0) is 6.54 Å². The summed E-state index contributed by atoms with van der Waals surface area (Å²) in [5.41, 5.74) is 2.34. The van der Waals surface area contributed by atoms with E-state index in [9.17, 15) is 10.1 Å². The van der Waals surface area contributed by atoms with Crippen molar-refractivity contribution < 1.29 is 4.92 Å². The van der Waals surface area contributed by atoms with Crippen LogP contribution in [0.2, 0.25) is 0 Å². The van der Waals surface area contributed by atoms with Crippen LogP contribution in [0.25, 0.3) is 0 Å². The van der Waals surface area contributed by atoms with Gasteiger partial charge in [0.25, 0.3) is 0 Å². The lowest BCUT2D eigenvalue weighted by Gasteiger charge is -2.05. The van der Waals surface area contributed by atoms with Gasteiger partial charge in [-0.05, 0) is 0 Å². The van der Waals surface area contributed by atoms with E-state index in [0.29, 0.717) is 12.5 Å². The van der Waals surface area contributed by atoms with Crippen molar-refractivity contribution in [1.82, 2.24) is 15.0 Å². The van der Waals surface area contributed by atoms with Gasteiger partial charge in [0.2, 0.25) is 11.8 Å². The van der Waals surface area contributed by atoms with E-state index in [-0.39, 0.29) is 11.5 Å². The summed E-state index contributed by atoms with van der Waals surface area (Å²) >= 11 is 1.46. The predicted octanol–water partition coefficient (Wildman–Crippen LogP) is 1.50. The van der Waals surface area contributed by atoms with Crippen molar-refractivity contribution in [3.63, 3.8) is 0 Å². The summed E-state index contributed by atoms with van der Waals surface area (Å²) < 4.78 is 0. The van der Waals surface area contributed by atoms with Gasteiger partial charge < -0.3 is 10.6 Å². The second-order valence-corrected chi connectivity index (χ2v) is 3.99. The molecule has 0 fully saturated rings. The molecule has 9 heteroatoms. The van der Waals surface area contributed by atoms with Crippen LogP contribution in [0.3, 0.4) is 0 Å². The Morgan fingerprint density at radius 3 is 2.94 bits per heavy atom. The zero-order chi connectivity index (χ0) is 13.0. The lowest BCUT2D eigenvalue weighted by Crippen LogP contribution is -2.07. The molecule has 0 saturated heterocycles. The average Bonchev–Trinajstić information content (AvgIpc) is 2.88. The summed E-state index contributed by atoms with van der Waals surface area (Å²) in [4.78, 5) is 22.2. The van der Waals surface area contributed by atoms with Crippen LogP contribution < -0.4 is 10.6 Å². The van der Waals surface area contributed by atoms with Crippen molar-refractivity contribution in [3.05, 3.63) is 32.9 Å². The van der Waals surface area contributed by atoms with E-state index in [2.05, 4.69) is 25.6 Å². The molecule has 0 amide bonds. The first-order valence-corrected chi connectivity index (χ1v) is 5.95. The minimum absolute atomic E-state index is 0.163. The number of thiazole rings is 1. The Bertz CT molecular complexity index is 544. The van der Waals surface area contributed by atoms with E-state index in [1.807, 2.05) is 5.38 Å². The Balaban J connectivity index is 2.20. The minimum Gasteiger partial charge on any atom is -0.359 e. The molecular formula is C9H10N6O2S. The molecule has 0 atom stereocenters. The van der Waals surface area contributed by atoms with Crippen molar-refractivity contribution in [1.29, 1.82) is 0 Å². The fourth-order valence-corrected chi connectivity index (χ4v) is 1.82. The highest BCUT2D eigenvalue weighted by atomic mass is 32.1. The Kier molecular flexibility index (Phi) is 3.63. The number of aromatic nitrogens is 3. The zero-order valence-electron chi connectivity index (χ0n) is 9.45.